The maximum atomic E-state index is 5.24. The number of hydrogen-bond acceptors (Lipinski definition) is 3. The van der Waals surface area contributed by atoms with E-state index in [1.807, 2.05) is 31.6 Å². The standard InChI is InChI=1S/C15H21N3O/c1-12(13-5-4-6-14(11-13)19-3)16-8-7-15-17-9-10-18(15)2/h4-6,9-12,16H,7-8H2,1-3H3/t12-/m0/s1. The summed E-state index contributed by atoms with van der Waals surface area (Å²) in [5.41, 5.74) is 1.24. The van der Waals surface area contributed by atoms with Gasteiger partial charge in [0.25, 0.3) is 0 Å². The van der Waals surface area contributed by atoms with Crippen LogP contribution < -0.4 is 10.1 Å². The van der Waals surface area contributed by atoms with Crippen LogP contribution in [0.25, 0.3) is 0 Å². The number of ether oxygens (including phenoxy) is 1. The van der Waals surface area contributed by atoms with Crippen molar-refractivity contribution >= 4 is 0 Å². The van der Waals surface area contributed by atoms with Gasteiger partial charge in [0.2, 0.25) is 0 Å². The first-order valence-electron chi connectivity index (χ1n) is 6.54. The second-order valence-electron chi connectivity index (χ2n) is 4.66. The Bertz CT molecular complexity index is 522. The van der Waals surface area contributed by atoms with Gasteiger partial charge in [0.15, 0.2) is 0 Å². The molecule has 0 saturated heterocycles. The van der Waals surface area contributed by atoms with E-state index in [1.54, 1.807) is 7.11 Å². The van der Waals surface area contributed by atoms with Crippen molar-refractivity contribution in [2.75, 3.05) is 13.7 Å². The van der Waals surface area contributed by atoms with E-state index in [1.165, 1.54) is 5.56 Å². The van der Waals surface area contributed by atoms with Gasteiger partial charge in [-0.15, -0.1) is 0 Å². The lowest BCUT2D eigenvalue weighted by atomic mass is 10.1. The Balaban J connectivity index is 1.87. The minimum Gasteiger partial charge on any atom is -0.497 e. The number of rotatable bonds is 6. The van der Waals surface area contributed by atoms with Gasteiger partial charge in [-0.05, 0) is 24.6 Å². The monoisotopic (exact) mass is 259 g/mol. The van der Waals surface area contributed by atoms with Crippen LogP contribution >= 0.6 is 0 Å². The van der Waals surface area contributed by atoms with E-state index >= 15 is 0 Å². The normalized spacial score (nSPS) is 12.4. The number of nitrogens with zero attached hydrogens (tertiary/aromatic N) is 2. The largest absolute Gasteiger partial charge is 0.497 e. The summed E-state index contributed by atoms with van der Waals surface area (Å²) in [7, 11) is 3.71. The lowest BCUT2D eigenvalue weighted by Gasteiger charge is -2.15. The van der Waals surface area contributed by atoms with E-state index in [0.29, 0.717) is 6.04 Å². The molecule has 0 radical (unpaired) electrons. The van der Waals surface area contributed by atoms with Crippen molar-refractivity contribution in [3.8, 4) is 5.75 Å². The van der Waals surface area contributed by atoms with E-state index in [9.17, 15) is 0 Å². The number of imidazole rings is 1. The zero-order valence-electron chi connectivity index (χ0n) is 11.8. The van der Waals surface area contributed by atoms with Crippen molar-refractivity contribution < 1.29 is 4.74 Å². The summed E-state index contributed by atoms with van der Waals surface area (Å²) in [5.74, 6) is 2.00. The molecule has 19 heavy (non-hydrogen) atoms. The Morgan fingerprint density at radius 2 is 2.26 bits per heavy atom. The van der Waals surface area contributed by atoms with Gasteiger partial charge in [0, 0.05) is 38.4 Å². The van der Waals surface area contributed by atoms with E-state index in [4.69, 9.17) is 4.74 Å². The second-order valence-corrected chi connectivity index (χ2v) is 4.66. The van der Waals surface area contributed by atoms with Gasteiger partial charge in [-0.25, -0.2) is 4.98 Å². The quantitative estimate of drug-likeness (QED) is 0.865. The van der Waals surface area contributed by atoms with Crippen LogP contribution in [0, 0.1) is 0 Å². The molecule has 0 saturated carbocycles. The second kappa shape index (κ2) is 6.38. The lowest BCUT2D eigenvalue weighted by molar-refractivity contribution is 0.413. The molecule has 4 nitrogen and oxygen atoms in total. The van der Waals surface area contributed by atoms with Crippen LogP contribution in [0.5, 0.6) is 5.75 Å². The minimum absolute atomic E-state index is 0.301. The molecule has 0 aliphatic rings. The molecule has 0 bridgehead atoms. The third-order valence-electron chi connectivity index (χ3n) is 3.31. The molecule has 1 heterocycles. The fourth-order valence-corrected chi connectivity index (χ4v) is 2.07. The molecule has 0 spiro atoms. The van der Waals surface area contributed by atoms with E-state index < -0.39 is 0 Å². The Hall–Kier alpha value is -1.81. The summed E-state index contributed by atoms with van der Waals surface area (Å²) in [6.07, 6.45) is 4.74. The van der Waals surface area contributed by atoms with E-state index in [0.717, 1.165) is 24.5 Å². The Morgan fingerprint density at radius 1 is 1.42 bits per heavy atom. The fraction of sp³-hybridized carbons (Fsp3) is 0.400. The van der Waals surface area contributed by atoms with E-state index in [2.05, 4.69) is 33.9 Å². The number of hydrogen-bond donors (Lipinski definition) is 1. The van der Waals surface area contributed by atoms with Crippen molar-refractivity contribution in [3.05, 3.63) is 48.0 Å². The van der Waals surface area contributed by atoms with Crippen molar-refractivity contribution in [2.45, 2.75) is 19.4 Å². The number of aromatic nitrogens is 2. The molecule has 0 aliphatic heterocycles. The highest BCUT2D eigenvalue weighted by atomic mass is 16.5. The van der Waals surface area contributed by atoms with Gasteiger partial charge in [-0.3, -0.25) is 0 Å². The zero-order valence-corrected chi connectivity index (χ0v) is 11.8. The summed E-state index contributed by atoms with van der Waals surface area (Å²) < 4.78 is 7.30. The molecule has 1 atom stereocenters. The first-order valence-corrected chi connectivity index (χ1v) is 6.54. The van der Waals surface area contributed by atoms with Crippen LogP contribution in [0.3, 0.4) is 0 Å². The van der Waals surface area contributed by atoms with Crippen LogP contribution in [-0.4, -0.2) is 23.2 Å². The van der Waals surface area contributed by atoms with Crippen LogP contribution in [0.4, 0.5) is 0 Å². The summed E-state index contributed by atoms with van der Waals surface area (Å²) >= 11 is 0. The molecule has 2 aromatic rings. The summed E-state index contributed by atoms with van der Waals surface area (Å²) in [5, 5.41) is 3.51. The van der Waals surface area contributed by atoms with Gasteiger partial charge in [0.1, 0.15) is 11.6 Å². The lowest BCUT2D eigenvalue weighted by Crippen LogP contribution is -2.22. The smallest absolute Gasteiger partial charge is 0.119 e. The van der Waals surface area contributed by atoms with Gasteiger partial charge >= 0.3 is 0 Å². The van der Waals surface area contributed by atoms with Crippen LogP contribution in [0.2, 0.25) is 0 Å². The average molecular weight is 259 g/mol. The molecule has 0 fully saturated rings. The Morgan fingerprint density at radius 3 is 2.95 bits per heavy atom. The molecule has 2 rings (SSSR count). The van der Waals surface area contributed by atoms with Gasteiger partial charge < -0.3 is 14.6 Å². The fourth-order valence-electron chi connectivity index (χ4n) is 2.07. The van der Waals surface area contributed by atoms with Gasteiger partial charge in [-0.2, -0.15) is 0 Å². The zero-order chi connectivity index (χ0) is 13.7. The number of nitrogens with one attached hydrogen (secondary N) is 1. The minimum atomic E-state index is 0.301. The summed E-state index contributed by atoms with van der Waals surface area (Å²) in [6, 6.07) is 8.46. The van der Waals surface area contributed by atoms with Crippen molar-refractivity contribution in [1.82, 2.24) is 14.9 Å². The maximum absolute atomic E-state index is 5.24. The molecule has 0 aliphatic carbocycles. The Kier molecular flexibility index (Phi) is 4.58. The van der Waals surface area contributed by atoms with Crippen molar-refractivity contribution in [3.63, 3.8) is 0 Å². The molecule has 4 heteroatoms. The summed E-state index contributed by atoms with van der Waals surface area (Å²) in [4.78, 5) is 4.32. The topological polar surface area (TPSA) is 39.1 Å². The third kappa shape index (κ3) is 3.58. The molecule has 1 N–H and O–H groups in total. The highest BCUT2D eigenvalue weighted by Crippen LogP contribution is 2.18. The van der Waals surface area contributed by atoms with Crippen molar-refractivity contribution in [2.24, 2.45) is 7.05 Å². The SMILES string of the molecule is COc1cccc([C@H](C)NCCc2nccn2C)c1. The van der Waals surface area contributed by atoms with E-state index in [-0.39, 0.29) is 0 Å². The molecule has 0 amide bonds. The number of methoxy groups -OCH3 is 1. The molecule has 1 aromatic heterocycles. The van der Waals surface area contributed by atoms with Crippen LogP contribution in [-0.2, 0) is 13.5 Å². The molecule has 0 unspecified atom stereocenters. The highest BCUT2D eigenvalue weighted by molar-refractivity contribution is 5.30. The summed E-state index contributed by atoms with van der Waals surface area (Å²) in [6.45, 7) is 3.07. The molecule has 102 valence electrons. The Labute approximate surface area is 114 Å². The van der Waals surface area contributed by atoms with Crippen LogP contribution in [0.1, 0.15) is 24.4 Å². The van der Waals surface area contributed by atoms with Gasteiger partial charge in [0.05, 0.1) is 7.11 Å². The predicted molar refractivity (Wildman–Crippen MR) is 76.3 cm³/mol. The van der Waals surface area contributed by atoms with Gasteiger partial charge in [-0.1, -0.05) is 12.1 Å². The third-order valence-corrected chi connectivity index (χ3v) is 3.31. The van der Waals surface area contributed by atoms with Crippen LogP contribution in [0.15, 0.2) is 36.7 Å². The first-order chi connectivity index (χ1) is 9.20. The molecular formula is C15H21N3O. The van der Waals surface area contributed by atoms with Crippen molar-refractivity contribution in [1.29, 1.82) is 0 Å². The number of aryl methyl sites for hydroxylation is 1. The average Bonchev–Trinajstić information content (AvgIpc) is 2.84. The molecular weight excluding hydrogens is 238 g/mol. The highest BCUT2D eigenvalue weighted by Gasteiger charge is 2.06. The molecule has 1 aromatic carbocycles. The first kappa shape index (κ1) is 13.6. The predicted octanol–water partition coefficient (Wildman–Crippen LogP) is 2.32. The maximum Gasteiger partial charge on any atom is 0.119 e. The number of benzene rings is 1.